The maximum absolute atomic E-state index is 13.0. The second-order valence-electron chi connectivity index (χ2n) is 8.00. The number of carbonyl (C=O) groups excluding carboxylic acids is 2. The van der Waals surface area contributed by atoms with Gasteiger partial charge in [-0.05, 0) is 67.3 Å². The second-order valence-corrected chi connectivity index (χ2v) is 8.00. The number of hydrogen-bond acceptors (Lipinski definition) is 3. The summed E-state index contributed by atoms with van der Waals surface area (Å²) in [5.41, 5.74) is 4.05. The van der Waals surface area contributed by atoms with Crippen LogP contribution in [-0.2, 0) is 4.79 Å². The minimum absolute atomic E-state index is 0.105. The van der Waals surface area contributed by atoms with Crippen molar-refractivity contribution in [3.63, 3.8) is 0 Å². The SMILES string of the molecule is CCN(C(=O)c1cccc(NC(=O)COc2cc(C)ccc2C(C)C)c1)c1ccccc1. The van der Waals surface area contributed by atoms with Gasteiger partial charge in [0.1, 0.15) is 5.75 Å². The molecule has 0 unspecified atom stereocenters. The molecule has 3 aromatic carbocycles. The molecule has 0 heterocycles. The Hall–Kier alpha value is -3.60. The van der Waals surface area contributed by atoms with E-state index in [0.29, 0.717) is 23.7 Å². The minimum atomic E-state index is -0.277. The molecule has 3 rings (SSSR count). The highest BCUT2D eigenvalue weighted by Crippen LogP contribution is 2.27. The van der Waals surface area contributed by atoms with Gasteiger partial charge in [-0.1, -0.05) is 50.2 Å². The Bertz CT molecular complexity index is 1080. The van der Waals surface area contributed by atoms with Crippen LogP contribution in [-0.4, -0.2) is 25.0 Å². The van der Waals surface area contributed by atoms with Crippen LogP contribution in [0.15, 0.2) is 72.8 Å². The van der Waals surface area contributed by atoms with Crippen LogP contribution in [0.5, 0.6) is 5.75 Å². The molecule has 0 saturated heterocycles. The molecular formula is C27H30N2O3. The first-order valence-corrected chi connectivity index (χ1v) is 10.9. The molecule has 32 heavy (non-hydrogen) atoms. The Morgan fingerprint density at radius 2 is 1.72 bits per heavy atom. The van der Waals surface area contributed by atoms with E-state index in [1.807, 2.05) is 62.4 Å². The van der Waals surface area contributed by atoms with Crippen molar-refractivity contribution in [1.82, 2.24) is 0 Å². The van der Waals surface area contributed by atoms with Gasteiger partial charge < -0.3 is 15.0 Å². The largest absolute Gasteiger partial charge is 0.483 e. The third kappa shape index (κ3) is 5.76. The van der Waals surface area contributed by atoms with E-state index in [9.17, 15) is 9.59 Å². The molecule has 0 bridgehead atoms. The van der Waals surface area contributed by atoms with Crippen LogP contribution in [0.2, 0.25) is 0 Å². The second kappa shape index (κ2) is 10.6. The lowest BCUT2D eigenvalue weighted by Crippen LogP contribution is -2.30. The van der Waals surface area contributed by atoms with E-state index in [0.717, 1.165) is 22.6 Å². The molecule has 0 aromatic heterocycles. The van der Waals surface area contributed by atoms with Crippen molar-refractivity contribution >= 4 is 23.2 Å². The fraction of sp³-hybridized carbons (Fsp3) is 0.259. The molecule has 2 amide bonds. The monoisotopic (exact) mass is 430 g/mol. The van der Waals surface area contributed by atoms with Gasteiger partial charge in [0.25, 0.3) is 11.8 Å². The highest BCUT2D eigenvalue weighted by atomic mass is 16.5. The first-order chi connectivity index (χ1) is 15.4. The van der Waals surface area contributed by atoms with Crippen molar-refractivity contribution in [2.75, 3.05) is 23.4 Å². The standard InChI is InChI=1S/C27H30N2O3/c1-5-29(23-12-7-6-8-13-23)27(31)21-10-9-11-22(17-21)28-26(30)18-32-25-16-20(4)14-15-24(25)19(2)3/h6-17,19H,5,18H2,1-4H3,(H,28,30). The van der Waals surface area contributed by atoms with Gasteiger partial charge in [-0.2, -0.15) is 0 Å². The number of anilines is 2. The van der Waals surface area contributed by atoms with Gasteiger partial charge in [0.05, 0.1) is 0 Å². The summed E-state index contributed by atoms with van der Waals surface area (Å²) >= 11 is 0. The highest BCUT2D eigenvalue weighted by Gasteiger charge is 2.17. The molecule has 3 aromatic rings. The Balaban J connectivity index is 1.68. The number of nitrogens with zero attached hydrogens (tertiary/aromatic N) is 1. The van der Waals surface area contributed by atoms with Crippen molar-refractivity contribution in [2.45, 2.75) is 33.6 Å². The van der Waals surface area contributed by atoms with E-state index in [1.54, 1.807) is 29.2 Å². The quantitative estimate of drug-likeness (QED) is 0.491. The number of carbonyl (C=O) groups is 2. The predicted molar refractivity (Wildman–Crippen MR) is 130 cm³/mol. The van der Waals surface area contributed by atoms with Crippen molar-refractivity contribution < 1.29 is 14.3 Å². The van der Waals surface area contributed by atoms with Gasteiger partial charge >= 0.3 is 0 Å². The Kier molecular flexibility index (Phi) is 7.66. The van der Waals surface area contributed by atoms with Gasteiger partial charge in [0, 0.05) is 23.5 Å². The first-order valence-electron chi connectivity index (χ1n) is 10.9. The molecule has 0 spiro atoms. The van der Waals surface area contributed by atoms with Crippen LogP contribution in [0.25, 0.3) is 0 Å². The van der Waals surface area contributed by atoms with Crippen LogP contribution < -0.4 is 15.0 Å². The van der Waals surface area contributed by atoms with Gasteiger partial charge in [0.2, 0.25) is 0 Å². The first kappa shape index (κ1) is 23.1. The third-order valence-electron chi connectivity index (χ3n) is 5.17. The Labute approximate surface area is 190 Å². The fourth-order valence-corrected chi connectivity index (χ4v) is 3.52. The molecule has 5 heteroatoms. The zero-order chi connectivity index (χ0) is 23.1. The number of benzene rings is 3. The van der Waals surface area contributed by atoms with E-state index in [-0.39, 0.29) is 18.4 Å². The molecule has 0 aliphatic rings. The Morgan fingerprint density at radius 1 is 0.969 bits per heavy atom. The van der Waals surface area contributed by atoms with Crippen molar-refractivity contribution in [1.29, 1.82) is 0 Å². The smallest absolute Gasteiger partial charge is 0.262 e. The zero-order valence-corrected chi connectivity index (χ0v) is 19.1. The molecular weight excluding hydrogens is 400 g/mol. The van der Waals surface area contributed by atoms with Crippen LogP contribution >= 0.6 is 0 Å². The van der Waals surface area contributed by atoms with E-state index in [4.69, 9.17) is 4.74 Å². The maximum atomic E-state index is 13.0. The van der Waals surface area contributed by atoms with E-state index < -0.39 is 0 Å². The van der Waals surface area contributed by atoms with Gasteiger partial charge in [0.15, 0.2) is 6.61 Å². The number of nitrogens with one attached hydrogen (secondary N) is 1. The summed E-state index contributed by atoms with van der Waals surface area (Å²) in [6.45, 7) is 8.55. The van der Waals surface area contributed by atoms with Gasteiger partial charge in [-0.15, -0.1) is 0 Å². The number of para-hydroxylation sites is 1. The number of rotatable bonds is 8. The summed E-state index contributed by atoms with van der Waals surface area (Å²) in [5.74, 6) is 0.622. The summed E-state index contributed by atoms with van der Waals surface area (Å²) in [5, 5.41) is 2.83. The minimum Gasteiger partial charge on any atom is -0.483 e. The lowest BCUT2D eigenvalue weighted by Gasteiger charge is -2.21. The van der Waals surface area contributed by atoms with Crippen molar-refractivity contribution in [2.24, 2.45) is 0 Å². The molecule has 0 radical (unpaired) electrons. The molecule has 166 valence electrons. The number of aryl methyl sites for hydroxylation is 1. The number of hydrogen-bond donors (Lipinski definition) is 1. The highest BCUT2D eigenvalue weighted by molar-refractivity contribution is 6.07. The molecule has 0 saturated carbocycles. The zero-order valence-electron chi connectivity index (χ0n) is 19.1. The topological polar surface area (TPSA) is 58.6 Å². The van der Waals surface area contributed by atoms with Crippen LogP contribution in [0.4, 0.5) is 11.4 Å². The predicted octanol–water partition coefficient (Wildman–Crippen LogP) is 5.80. The molecule has 1 N–H and O–H groups in total. The fourth-order valence-electron chi connectivity index (χ4n) is 3.52. The van der Waals surface area contributed by atoms with E-state index >= 15 is 0 Å². The van der Waals surface area contributed by atoms with Crippen molar-refractivity contribution in [3.05, 3.63) is 89.5 Å². The molecule has 0 aliphatic carbocycles. The molecule has 0 atom stereocenters. The third-order valence-corrected chi connectivity index (χ3v) is 5.17. The molecule has 5 nitrogen and oxygen atoms in total. The summed E-state index contributed by atoms with van der Waals surface area (Å²) < 4.78 is 5.82. The Morgan fingerprint density at radius 3 is 2.41 bits per heavy atom. The average Bonchev–Trinajstić information content (AvgIpc) is 2.79. The van der Waals surface area contributed by atoms with Gasteiger partial charge in [-0.3, -0.25) is 9.59 Å². The summed E-state index contributed by atoms with van der Waals surface area (Å²) in [6.07, 6.45) is 0. The summed E-state index contributed by atoms with van der Waals surface area (Å²) in [4.78, 5) is 27.3. The van der Waals surface area contributed by atoms with Crippen LogP contribution in [0.1, 0.15) is 48.2 Å². The van der Waals surface area contributed by atoms with Crippen molar-refractivity contribution in [3.8, 4) is 5.75 Å². The summed E-state index contributed by atoms with van der Waals surface area (Å²) in [7, 11) is 0. The van der Waals surface area contributed by atoms with Gasteiger partial charge in [-0.25, -0.2) is 0 Å². The summed E-state index contributed by atoms with van der Waals surface area (Å²) in [6, 6.07) is 22.5. The van der Waals surface area contributed by atoms with E-state index in [2.05, 4.69) is 19.2 Å². The lowest BCUT2D eigenvalue weighted by atomic mass is 10.0. The normalized spacial score (nSPS) is 10.7. The van der Waals surface area contributed by atoms with E-state index in [1.165, 1.54) is 0 Å². The number of ether oxygens (including phenoxy) is 1. The number of amides is 2. The molecule has 0 aliphatic heterocycles. The molecule has 0 fully saturated rings. The van der Waals surface area contributed by atoms with Crippen LogP contribution in [0.3, 0.4) is 0 Å². The average molecular weight is 431 g/mol. The maximum Gasteiger partial charge on any atom is 0.262 e. The van der Waals surface area contributed by atoms with Crippen LogP contribution in [0, 0.1) is 6.92 Å². The lowest BCUT2D eigenvalue weighted by molar-refractivity contribution is -0.118.